The van der Waals surface area contributed by atoms with Crippen molar-refractivity contribution in [1.82, 2.24) is 0 Å². The number of carbonyl (C=O) groups excluding carboxylic acids is 2. The third kappa shape index (κ3) is 5.47. The average Bonchev–Trinajstić information content (AvgIpc) is 2.91. The first-order chi connectivity index (χ1) is 17.8. The molecule has 0 saturated carbocycles. The SMILES string of the molecule is CC[C@@H](C)OC(=O)C1C(C)=NC2=C(C(=O)C[C@H](c3ccc(OC)c(OC)c3)C2)[C@@H]1c1ccc(SC)cc1. The summed E-state index contributed by atoms with van der Waals surface area (Å²) >= 11 is 1.66. The number of allylic oxidation sites excluding steroid dienone is 2. The Bertz CT molecular complexity index is 1230. The van der Waals surface area contributed by atoms with E-state index in [0.717, 1.165) is 28.1 Å². The Morgan fingerprint density at radius 1 is 1.05 bits per heavy atom. The fourth-order valence-electron chi connectivity index (χ4n) is 5.23. The molecule has 0 radical (unpaired) electrons. The first-order valence-corrected chi connectivity index (χ1v) is 13.9. The molecule has 0 saturated heterocycles. The number of benzene rings is 2. The Labute approximate surface area is 223 Å². The quantitative estimate of drug-likeness (QED) is 0.298. The van der Waals surface area contributed by atoms with Gasteiger partial charge in [0.15, 0.2) is 17.3 Å². The second kappa shape index (κ2) is 11.5. The lowest BCUT2D eigenvalue weighted by Gasteiger charge is -2.37. The van der Waals surface area contributed by atoms with Crippen molar-refractivity contribution in [3.8, 4) is 11.5 Å². The highest BCUT2D eigenvalue weighted by atomic mass is 32.2. The maximum absolute atomic E-state index is 13.8. The number of Topliss-reactive ketones (excluding diaryl/α,β-unsaturated/α-hetero) is 1. The Morgan fingerprint density at radius 3 is 2.35 bits per heavy atom. The van der Waals surface area contributed by atoms with E-state index in [2.05, 4.69) is 0 Å². The Morgan fingerprint density at radius 2 is 1.73 bits per heavy atom. The molecule has 2 aromatic rings. The Balaban J connectivity index is 1.76. The molecule has 0 aromatic heterocycles. The molecule has 1 heterocycles. The predicted molar refractivity (Wildman–Crippen MR) is 147 cm³/mol. The lowest BCUT2D eigenvalue weighted by Crippen LogP contribution is -2.39. The molecular formula is C30H35NO5S. The van der Waals surface area contributed by atoms with Gasteiger partial charge in [-0.05, 0) is 74.3 Å². The van der Waals surface area contributed by atoms with Crippen molar-refractivity contribution in [2.24, 2.45) is 10.9 Å². The van der Waals surface area contributed by atoms with Crippen molar-refractivity contribution in [1.29, 1.82) is 0 Å². The topological polar surface area (TPSA) is 74.2 Å². The molecule has 1 aliphatic heterocycles. The highest BCUT2D eigenvalue weighted by Crippen LogP contribution is 2.47. The number of hydrogen-bond acceptors (Lipinski definition) is 7. The lowest BCUT2D eigenvalue weighted by molar-refractivity contribution is -0.151. The number of nitrogens with zero attached hydrogens (tertiary/aromatic N) is 1. The van der Waals surface area contributed by atoms with Crippen LogP contribution in [0.15, 0.2) is 63.6 Å². The van der Waals surface area contributed by atoms with E-state index in [1.807, 2.05) is 69.5 Å². The van der Waals surface area contributed by atoms with E-state index >= 15 is 0 Å². The number of aliphatic imine (C=N–C) groups is 1. The van der Waals surface area contributed by atoms with Gasteiger partial charge in [0.05, 0.1) is 20.3 Å². The van der Waals surface area contributed by atoms with Crippen LogP contribution >= 0.6 is 11.8 Å². The van der Waals surface area contributed by atoms with E-state index in [0.29, 0.717) is 35.6 Å². The van der Waals surface area contributed by atoms with Gasteiger partial charge in [0.25, 0.3) is 0 Å². The summed E-state index contributed by atoms with van der Waals surface area (Å²) in [6.45, 7) is 5.75. The second-order valence-corrected chi connectivity index (χ2v) is 10.5. The Kier molecular flexibility index (Phi) is 8.42. The van der Waals surface area contributed by atoms with Gasteiger partial charge in [-0.3, -0.25) is 14.6 Å². The van der Waals surface area contributed by atoms with E-state index in [9.17, 15) is 9.59 Å². The maximum atomic E-state index is 13.8. The van der Waals surface area contributed by atoms with Crippen LogP contribution in [0.4, 0.5) is 0 Å². The van der Waals surface area contributed by atoms with Crippen LogP contribution < -0.4 is 9.47 Å². The van der Waals surface area contributed by atoms with Crippen molar-refractivity contribution in [3.63, 3.8) is 0 Å². The van der Waals surface area contributed by atoms with Gasteiger partial charge in [-0.1, -0.05) is 25.1 Å². The molecule has 1 aliphatic carbocycles. The first kappa shape index (κ1) is 27.0. The number of rotatable bonds is 8. The van der Waals surface area contributed by atoms with Gasteiger partial charge in [0, 0.05) is 34.2 Å². The number of methoxy groups -OCH3 is 2. The molecule has 6 nitrogen and oxygen atoms in total. The van der Waals surface area contributed by atoms with E-state index < -0.39 is 11.8 Å². The summed E-state index contributed by atoms with van der Waals surface area (Å²) in [6.07, 6.45) is 3.50. The van der Waals surface area contributed by atoms with Gasteiger partial charge in [0.2, 0.25) is 0 Å². The highest BCUT2D eigenvalue weighted by molar-refractivity contribution is 7.98. The van der Waals surface area contributed by atoms with Gasteiger partial charge in [-0.2, -0.15) is 0 Å². The number of carbonyl (C=O) groups is 2. The molecular weight excluding hydrogens is 486 g/mol. The summed E-state index contributed by atoms with van der Waals surface area (Å²) in [7, 11) is 3.21. The van der Waals surface area contributed by atoms with Crippen LogP contribution in [0, 0.1) is 5.92 Å². The molecule has 1 unspecified atom stereocenters. The summed E-state index contributed by atoms with van der Waals surface area (Å²) in [6, 6.07) is 13.9. The first-order valence-electron chi connectivity index (χ1n) is 12.7. The number of thioether (sulfide) groups is 1. The van der Waals surface area contributed by atoms with E-state index in [1.54, 1.807) is 26.0 Å². The average molecular weight is 522 g/mol. The molecule has 4 atom stereocenters. The van der Waals surface area contributed by atoms with Gasteiger partial charge in [-0.25, -0.2) is 0 Å². The number of ketones is 1. The molecule has 37 heavy (non-hydrogen) atoms. The fraction of sp³-hybridized carbons (Fsp3) is 0.433. The summed E-state index contributed by atoms with van der Waals surface area (Å²) in [5, 5.41) is 0. The van der Waals surface area contributed by atoms with E-state index in [-0.39, 0.29) is 23.8 Å². The van der Waals surface area contributed by atoms with Crippen molar-refractivity contribution in [2.45, 2.75) is 62.9 Å². The lowest BCUT2D eigenvalue weighted by atomic mass is 9.69. The number of esters is 1. The van der Waals surface area contributed by atoms with Crippen LogP contribution in [0.25, 0.3) is 0 Å². The van der Waals surface area contributed by atoms with Crippen molar-refractivity contribution >= 4 is 29.2 Å². The minimum Gasteiger partial charge on any atom is -0.493 e. The van der Waals surface area contributed by atoms with Crippen LogP contribution in [0.1, 0.15) is 63.0 Å². The molecule has 2 aromatic carbocycles. The summed E-state index contributed by atoms with van der Waals surface area (Å²) < 4.78 is 16.6. The summed E-state index contributed by atoms with van der Waals surface area (Å²) in [5.74, 6) is -0.0982. The van der Waals surface area contributed by atoms with Crippen LogP contribution in [0.5, 0.6) is 11.5 Å². The third-order valence-electron chi connectivity index (χ3n) is 7.39. The predicted octanol–water partition coefficient (Wildman–Crippen LogP) is 6.34. The molecule has 0 amide bonds. The van der Waals surface area contributed by atoms with Gasteiger partial charge in [-0.15, -0.1) is 11.8 Å². The largest absolute Gasteiger partial charge is 0.493 e. The zero-order valence-electron chi connectivity index (χ0n) is 22.4. The number of hydrogen-bond donors (Lipinski definition) is 0. The second-order valence-electron chi connectivity index (χ2n) is 9.64. The molecule has 0 N–H and O–H groups in total. The van der Waals surface area contributed by atoms with Crippen molar-refractivity contribution in [3.05, 3.63) is 64.9 Å². The zero-order chi connectivity index (χ0) is 26.7. The Hall–Kier alpha value is -3.06. The van der Waals surface area contributed by atoms with E-state index in [1.165, 1.54) is 0 Å². The minimum atomic E-state index is -0.630. The molecule has 0 spiro atoms. The van der Waals surface area contributed by atoms with Gasteiger partial charge < -0.3 is 14.2 Å². The van der Waals surface area contributed by atoms with Crippen molar-refractivity contribution in [2.75, 3.05) is 20.5 Å². The fourth-order valence-corrected chi connectivity index (χ4v) is 5.64. The molecule has 0 fully saturated rings. The van der Waals surface area contributed by atoms with Crippen molar-refractivity contribution < 1.29 is 23.8 Å². The standard InChI is InChI=1S/C30H35NO5S/c1-7-17(2)36-30(33)27-18(3)31-23-14-21(20-10-13-25(34-4)26(16-20)35-5)15-24(32)29(23)28(27)19-8-11-22(37-6)12-9-19/h8-13,16-17,21,27-28H,7,14-15H2,1-6H3/t17-,21-,27?,28-/m1/s1. The number of ether oxygens (including phenoxy) is 3. The smallest absolute Gasteiger partial charge is 0.315 e. The molecule has 4 rings (SSSR count). The molecule has 7 heteroatoms. The molecule has 2 aliphatic rings. The zero-order valence-corrected chi connectivity index (χ0v) is 23.2. The van der Waals surface area contributed by atoms with Crippen LogP contribution in [0.2, 0.25) is 0 Å². The van der Waals surface area contributed by atoms with E-state index in [4.69, 9.17) is 19.2 Å². The normalized spacial score (nSPS) is 22.2. The third-order valence-corrected chi connectivity index (χ3v) is 8.13. The highest BCUT2D eigenvalue weighted by Gasteiger charge is 2.45. The van der Waals surface area contributed by atoms with Crippen LogP contribution in [0.3, 0.4) is 0 Å². The van der Waals surface area contributed by atoms with Crippen LogP contribution in [-0.2, 0) is 14.3 Å². The summed E-state index contributed by atoms with van der Waals surface area (Å²) in [5.41, 5.74) is 4.03. The maximum Gasteiger partial charge on any atom is 0.315 e. The molecule has 196 valence electrons. The van der Waals surface area contributed by atoms with Crippen LogP contribution in [-0.4, -0.2) is 44.0 Å². The van der Waals surface area contributed by atoms with Gasteiger partial charge >= 0.3 is 5.97 Å². The monoisotopic (exact) mass is 521 g/mol. The van der Waals surface area contributed by atoms with Gasteiger partial charge in [0.1, 0.15) is 5.92 Å². The minimum absolute atomic E-state index is 0.0255. The summed E-state index contributed by atoms with van der Waals surface area (Å²) in [4.78, 5) is 33.2. The molecule has 0 bridgehead atoms.